The summed E-state index contributed by atoms with van der Waals surface area (Å²) < 4.78 is 11.4. The first-order chi connectivity index (χ1) is 3.31. The van der Waals surface area contributed by atoms with Gasteiger partial charge in [0.25, 0.3) is 0 Å². The van der Waals surface area contributed by atoms with Crippen molar-refractivity contribution in [2.75, 3.05) is 13.3 Å². The maximum atomic E-state index is 11.4. The van der Waals surface area contributed by atoms with E-state index in [2.05, 4.69) is 0 Å². The van der Waals surface area contributed by atoms with Crippen molar-refractivity contribution in [2.45, 2.75) is 6.92 Å². The van der Waals surface area contributed by atoms with Gasteiger partial charge < -0.3 is 5.11 Å². The smallest absolute Gasteiger partial charge is 0.110 e. The van der Waals surface area contributed by atoms with E-state index < -0.39 is 6.67 Å². The molecule has 0 radical (unpaired) electrons. The zero-order valence-corrected chi connectivity index (χ0v) is 4.32. The first-order valence-electron chi connectivity index (χ1n) is 2.13. The van der Waals surface area contributed by atoms with Crippen LogP contribution in [0.5, 0.6) is 0 Å². The Bertz CT molecular complexity index is 68.5. The average Bonchev–Trinajstić information content (AvgIpc) is 1.68. The standard InChI is InChI=1S/C5H9FO/c1-5(4-6)2-3-7/h2,7H,3-4H2,1H3. The summed E-state index contributed by atoms with van der Waals surface area (Å²) in [6.45, 7) is 1.12. The topological polar surface area (TPSA) is 20.2 Å². The fraction of sp³-hybridized carbons (Fsp3) is 0.600. The van der Waals surface area contributed by atoms with Gasteiger partial charge in [-0.3, -0.25) is 0 Å². The minimum Gasteiger partial charge on any atom is -0.392 e. The molecule has 1 nitrogen and oxygen atoms in total. The summed E-state index contributed by atoms with van der Waals surface area (Å²) in [7, 11) is 0. The Morgan fingerprint density at radius 2 is 2.43 bits per heavy atom. The van der Waals surface area contributed by atoms with Gasteiger partial charge in [-0.25, -0.2) is 4.39 Å². The lowest BCUT2D eigenvalue weighted by molar-refractivity contribution is 0.340. The van der Waals surface area contributed by atoms with Crippen molar-refractivity contribution in [3.05, 3.63) is 11.6 Å². The second kappa shape index (κ2) is 3.81. The van der Waals surface area contributed by atoms with E-state index in [1.165, 1.54) is 6.08 Å². The zero-order chi connectivity index (χ0) is 5.70. The third-order valence-corrected chi connectivity index (χ3v) is 0.651. The van der Waals surface area contributed by atoms with Crippen molar-refractivity contribution in [3.8, 4) is 0 Å². The van der Waals surface area contributed by atoms with Crippen LogP contribution in [-0.2, 0) is 0 Å². The molecule has 2 heteroatoms. The monoisotopic (exact) mass is 104 g/mol. The van der Waals surface area contributed by atoms with Gasteiger partial charge in [0, 0.05) is 0 Å². The van der Waals surface area contributed by atoms with Crippen molar-refractivity contribution in [1.29, 1.82) is 0 Å². The number of allylic oxidation sites excluding steroid dienone is 1. The van der Waals surface area contributed by atoms with Crippen LogP contribution in [-0.4, -0.2) is 18.4 Å². The quantitative estimate of drug-likeness (QED) is 0.516. The Hall–Kier alpha value is -0.370. The third kappa shape index (κ3) is 3.46. The van der Waals surface area contributed by atoms with E-state index in [1.54, 1.807) is 6.92 Å². The predicted molar refractivity (Wildman–Crippen MR) is 26.8 cm³/mol. The maximum Gasteiger partial charge on any atom is 0.110 e. The van der Waals surface area contributed by atoms with Crippen LogP contribution in [0.25, 0.3) is 0 Å². The van der Waals surface area contributed by atoms with Crippen LogP contribution in [0.2, 0.25) is 0 Å². The number of hydrogen-bond donors (Lipinski definition) is 1. The van der Waals surface area contributed by atoms with E-state index in [9.17, 15) is 4.39 Å². The van der Waals surface area contributed by atoms with Crippen LogP contribution < -0.4 is 0 Å². The van der Waals surface area contributed by atoms with Crippen LogP contribution >= 0.6 is 0 Å². The second-order valence-corrected chi connectivity index (χ2v) is 1.37. The summed E-state index contributed by atoms with van der Waals surface area (Å²) in [5, 5.41) is 8.12. The molecule has 7 heavy (non-hydrogen) atoms. The molecule has 0 unspecified atom stereocenters. The molecule has 1 N–H and O–H groups in total. The molecule has 0 aromatic rings. The van der Waals surface area contributed by atoms with E-state index in [-0.39, 0.29) is 6.61 Å². The maximum absolute atomic E-state index is 11.4. The summed E-state index contributed by atoms with van der Waals surface area (Å²) in [6.07, 6.45) is 1.44. The lowest BCUT2D eigenvalue weighted by Gasteiger charge is -1.85. The Morgan fingerprint density at radius 3 is 2.57 bits per heavy atom. The lowest BCUT2D eigenvalue weighted by atomic mass is 10.3. The first-order valence-corrected chi connectivity index (χ1v) is 2.13. The number of aliphatic hydroxyl groups excluding tert-OH is 1. The molecule has 0 saturated carbocycles. The molecule has 0 amide bonds. The van der Waals surface area contributed by atoms with Gasteiger partial charge in [-0.05, 0) is 12.5 Å². The van der Waals surface area contributed by atoms with Gasteiger partial charge in [-0.2, -0.15) is 0 Å². The minimum absolute atomic E-state index is 0.0598. The normalized spacial score (nSPS) is 12.1. The molecule has 0 aromatic carbocycles. The molecule has 0 bridgehead atoms. The number of rotatable bonds is 2. The summed E-state index contributed by atoms with van der Waals surface area (Å²) in [4.78, 5) is 0. The molecule has 0 aliphatic heterocycles. The number of halogens is 1. The lowest BCUT2D eigenvalue weighted by Crippen LogP contribution is -1.80. The third-order valence-electron chi connectivity index (χ3n) is 0.651. The molecule has 0 atom stereocenters. The summed E-state index contributed by atoms with van der Waals surface area (Å²) >= 11 is 0. The van der Waals surface area contributed by atoms with Crippen LogP contribution in [0, 0.1) is 0 Å². The van der Waals surface area contributed by atoms with Crippen molar-refractivity contribution in [3.63, 3.8) is 0 Å². The molecule has 0 fully saturated rings. The van der Waals surface area contributed by atoms with Crippen molar-refractivity contribution < 1.29 is 9.50 Å². The van der Waals surface area contributed by atoms with Gasteiger partial charge in [0.05, 0.1) is 6.61 Å². The predicted octanol–water partition coefficient (Wildman–Crippen LogP) is 0.895. The van der Waals surface area contributed by atoms with Crippen molar-refractivity contribution >= 4 is 0 Å². The summed E-state index contributed by atoms with van der Waals surface area (Å²) in [6, 6.07) is 0. The van der Waals surface area contributed by atoms with Gasteiger partial charge in [-0.15, -0.1) is 0 Å². The van der Waals surface area contributed by atoms with Gasteiger partial charge in [0.1, 0.15) is 6.67 Å². The van der Waals surface area contributed by atoms with Crippen molar-refractivity contribution in [2.24, 2.45) is 0 Å². The summed E-state index contributed by atoms with van der Waals surface area (Å²) in [5.41, 5.74) is 0.586. The van der Waals surface area contributed by atoms with Gasteiger partial charge in [-0.1, -0.05) is 6.08 Å². The van der Waals surface area contributed by atoms with Crippen LogP contribution in [0.1, 0.15) is 6.92 Å². The van der Waals surface area contributed by atoms with E-state index >= 15 is 0 Å². The molecule has 0 aliphatic carbocycles. The Balaban J connectivity index is 3.29. The van der Waals surface area contributed by atoms with Crippen LogP contribution in [0.4, 0.5) is 4.39 Å². The summed E-state index contributed by atoms with van der Waals surface area (Å²) in [5.74, 6) is 0. The fourth-order valence-corrected chi connectivity index (χ4v) is 0.210. The highest BCUT2D eigenvalue weighted by Crippen LogP contribution is 1.89. The highest BCUT2D eigenvalue weighted by molar-refractivity contribution is 4.97. The van der Waals surface area contributed by atoms with Gasteiger partial charge >= 0.3 is 0 Å². The molecular weight excluding hydrogens is 95.1 g/mol. The molecule has 0 heterocycles. The first kappa shape index (κ1) is 6.63. The zero-order valence-electron chi connectivity index (χ0n) is 4.32. The second-order valence-electron chi connectivity index (χ2n) is 1.37. The van der Waals surface area contributed by atoms with E-state index in [1.807, 2.05) is 0 Å². The largest absolute Gasteiger partial charge is 0.392 e. The molecule has 0 saturated heterocycles. The van der Waals surface area contributed by atoms with Crippen LogP contribution in [0.15, 0.2) is 11.6 Å². The fourth-order valence-electron chi connectivity index (χ4n) is 0.210. The minimum atomic E-state index is -0.458. The Labute approximate surface area is 42.5 Å². The molecule has 0 aromatic heterocycles. The average molecular weight is 104 g/mol. The van der Waals surface area contributed by atoms with Crippen LogP contribution in [0.3, 0.4) is 0 Å². The number of hydrogen-bond acceptors (Lipinski definition) is 1. The van der Waals surface area contributed by atoms with Crippen molar-refractivity contribution in [1.82, 2.24) is 0 Å². The number of alkyl halides is 1. The van der Waals surface area contributed by atoms with Gasteiger partial charge in [0.2, 0.25) is 0 Å². The Kier molecular flexibility index (Phi) is 3.61. The van der Waals surface area contributed by atoms with E-state index in [0.717, 1.165) is 0 Å². The SMILES string of the molecule is CC(=CCO)CF. The van der Waals surface area contributed by atoms with E-state index in [4.69, 9.17) is 5.11 Å². The molecule has 0 spiro atoms. The highest BCUT2D eigenvalue weighted by atomic mass is 19.1. The van der Waals surface area contributed by atoms with Gasteiger partial charge in [0.15, 0.2) is 0 Å². The van der Waals surface area contributed by atoms with E-state index in [0.29, 0.717) is 5.57 Å². The molecular formula is C5H9FO. The molecule has 0 rings (SSSR count). The molecule has 0 aliphatic rings. The Morgan fingerprint density at radius 1 is 1.86 bits per heavy atom. The number of aliphatic hydroxyl groups is 1. The molecule has 42 valence electrons. The highest BCUT2D eigenvalue weighted by Gasteiger charge is 1.80.